The van der Waals surface area contributed by atoms with E-state index >= 15 is 0 Å². The fraction of sp³-hybridized carbons (Fsp3) is 0.455. The van der Waals surface area contributed by atoms with Gasteiger partial charge in [-0.1, -0.05) is 5.21 Å². The maximum Gasteiger partial charge on any atom is 0.265 e. The standard InChI is InChI=1S/C22H22F3N5O5S/c23-12-4-11(5-13(24)17(12)25)14-7-30(28-27-14)18-19(32)15(8-31)35-22(20(18)33)2-1-3-29(9-22)21(34)16-6-26-10-36-16/h4-7,10,15,18-20,31-33H,1-3,8-9H2/t15-,18+,19+,20-,22-/m1/s1. The predicted octanol–water partition coefficient (Wildman–Crippen LogP) is 1.15. The SMILES string of the molecule is O=C(c1cncs1)N1CCC[C@]2(C1)O[C@H](CO)[C@H](O)[C@H](n1cc(-c3cc(F)c(F)c(F)c3)nn1)[C@H]2O. The van der Waals surface area contributed by atoms with Crippen molar-refractivity contribution in [3.05, 3.63) is 52.4 Å². The highest BCUT2D eigenvalue weighted by Crippen LogP contribution is 2.42. The molecule has 3 N–H and O–H groups in total. The number of hydrogen-bond donors (Lipinski definition) is 3. The van der Waals surface area contributed by atoms with E-state index in [2.05, 4.69) is 15.3 Å². The first kappa shape index (κ1) is 24.8. The lowest BCUT2D eigenvalue weighted by Gasteiger charge is -2.53. The number of benzene rings is 1. The summed E-state index contributed by atoms with van der Waals surface area (Å²) in [6, 6.07) is 0.336. The largest absolute Gasteiger partial charge is 0.394 e. The number of nitrogens with zero attached hydrogens (tertiary/aromatic N) is 5. The molecule has 2 aromatic heterocycles. The molecule has 1 aromatic carbocycles. The third-order valence-corrected chi connectivity index (χ3v) is 7.43. The lowest BCUT2D eigenvalue weighted by atomic mass is 9.78. The normalized spacial score (nSPS) is 28.6. The van der Waals surface area contributed by atoms with Gasteiger partial charge in [-0.3, -0.25) is 9.78 Å². The Hall–Kier alpha value is -2.91. The first-order valence-corrected chi connectivity index (χ1v) is 12.0. The summed E-state index contributed by atoms with van der Waals surface area (Å²) < 4.78 is 47.9. The molecule has 1 amide bonds. The second kappa shape index (κ2) is 9.52. The van der Waals surface area contributed by atoms with Crippen LogP contribution in [0.3, 0.4) is 0 Å². The molecule has 1 spiro atoms. The van der Waals surface area contributed by atoms with Gasteiger partial charge >= 0.3 is 0 Å². The van der Waals surface area contributed by atoms with E-state index in [9.17, 15) is 33.3 Å². The number of likely N-dealkylation sites (tertiary alicyclic amines) is 1. The number of amides is 1. The number of carbonyl (C=O) groups excluding carboxylic acids is 1. The molecule has 0 bridgehead atoms. The summed E-state index contributed by atoms with van der Waals surface area (Å²) in [5.41, 5.74) is 0.0738. The molecule has 5 atom stereocenters. The van der Waals surface area contributed by atoms with Crippen molar-refractivity contribution < 1.29 is 38.0 Å². The highest BCUT2D eigenvalue weighted by molar-refractivity contribution is 7.11. The summed E-state index contributed by atoms with van der Waals surface area (Å²) in [4.78, 5) is 18.8. The minimum atomic E-state index is -1.62. The van der Waals surface area contributed by atoms with Crippen LogP contribution in [0.1, 0.15) is 28.6 Å². The van der Waals surface area contributed by atoms with Crippen molar-refractivity contribution in [2.24, 2.45) is 0 Å². The van der Waals surface area contributed by atoms with Gasteiger partial charge in [0.25, 0.3) is 5.91 Å². The molecule has 192 valence electrons. The Bertz CT molecular complexity index is 1240. The van der Waals surface area contributed by atoms with Gasteiger partial charge < -0.3 is 25.0 Å². The molecule has 10 nitrogen and oxygen atoms in total. The van der Waals surface area contributed by atoms with E-state index in [1.165, 1.54) is 34.1 Å². The summed E-state index contributed by atoms with van der Waals surface area (Å²) in [6.45, 7) is -0.174. The summed E-state index contributed by atoms with van der Waals surface area (Å²) >= 11 is 1.18. The van der Waals surface area contributed by atoms with Crippen LogP contribution in [0.2, 0.25) is 0 Å². The lowest BCUT2D eigenvalue weighted by Crippen LogP contribution is -2.68. The van der Waals surface area contributed by atoms with Crippen LogP contribution in [-0.2, 0) is 4.74 Å². The first-order chi connectivity index (χ1) is 17.2. The molecule has 36 heavy (non-hydrogen) atoms. The molecule has 14 heteroatoms. The van der Waals surface area contributed by atoms with E-state index in [0.717, 1.165) is 16.8 Å². The van der Waals surface area contributed by atoms with Gasteiger partial charge in [-0.15, -0.1) is 16.4 Å². The van der Waals surface area contributed by atoms with Crippen LogP contribution >= 0.6 is 11.3 Å². The van der Waals surface area contributed by atoms with Crippen LogP contribution < -0.4 is 0 Å². The van der Waals surface area contributed by atoms with Crippen molar-refractivity contribution >= 4 is 17.2 Å². The van der Waals surface area contributed by atoms with Gasteiger partial charge in [-0.05, 0) is 25.0 Å². The number of aromatic nitrogens is 4. The average Bonchev–Trinajstić information content (AvgIpc) is 3.58. The Balaban J connectivity index is 1.47. The van der Waals surface area contributed by atoms with Crippen LogP contribution in [0.15, 0.2) is 30.0 Å². The van der Waals surface area contributed by atoms with Gasteiger partial charge in [0.1, 0.15) is 40.5 Å². The van der Waals surface area contributed by atoms with Crippen molar-refractivity contribution in [2.45, 2.75) is 42.8 Å². The van der Waals surface area contributed by atoms with E-state index in [4.69, 9.17) is 4.74 Å². The van der Waals surface area contributed by atoms with E-state index in [-0.39, 0.29) is 23.7 Å². The van der Waals surface area contributed by atoms with E-state index in [1.807, 2.05) is 0 Å². The molecule has 0 saturated carbocycles. The van der Waals surface area contributed by atoms with Gasteiger partial charge in [-0.25, -0.2) is 17.9 Å². The number of aliphatic hydroxyl groups is 3. The van der Waals surface area contributed by atoms with Gasteiger partial charge in [0, 0.05) is 12.1 Å². The Morgan fingerprint density at radius 3 is 2.67 bits per heavy atom. The van der Waals surface area contributed by atoms with Crippen molar-refractivity contribution in [1.29, 1.82) is 0 Å². The monoisotopic (exact) mass is 525 g/mol. The number of ether oxygens (including phenoxy) is 1. The van der Waals surface area contributed by atoms with Gasteiger partial charge in [0.05, 0.1) is 31.1 Å². The van der Waals surface area contributed by atoms with Crippen LogP contribution in [-0.4, -0.2) is 89.7 Å². The highest BCUT2D eigenvalue weighted by atomic mass is 32.1. The van der Waals surface area contributed by atoms with Crippen molar-refractivity contribution in [3.63, 3.8) is 0 Å². The second-order valence-electron chi connectivity index (χ2n) is 8.86. The van der Waals surface area contributed by atoms with E-state index in [0.29, 0.717) is 24.3 Å². The molecule has 0 aliphatic carbocycles. The van der Waals surface area contributed by atoms with Gasteiger partial charge in [0.2, 0.25) is 0 Å². The summed E-state index contributed by atoms with van der Waals surface area (Å²) in [6.07, 6.45) is -0.434. The number of hydrogen-bond acceptors (Lipinski definition) is 9. The molecule has 2 saturated heterocycles. The molecule has 4 heterocycles. The second-order valence-corrected chi connectivity index (χ2v) is 9.75. The Labute approximate surface area is 206 Å². The third kappa shape index (κ3) is 4.18. The molecule has 3 aromatic rings. The van der Waals surface area contributed by atoms with E-state index in [1.54, 1.807) is 0 Å². The maximum atomic E-state index is 13.7. The third-order valence-electron chi connectivity index (χ3n) is 6.67. The highest BCUT2D eigenvalue weighted by Gasteiger charge is 2.56. The minimum Gasteiger partial charge on any atom is -0.394 e. The Morgan fingerprint density at radius 1 is 1.25 bits per heavy atom. The number of aliphatic hydroxyl groups excluding tert-OH is 3. The van der Waals surface area contributed by atoms with Crippen LogP contribution in [0.4, 0.5) is 13.2 Å². The topological polar surface area (TPSA) is 134 Å². The quantitative estimate of drug-likeness (QED) is 0.432. The fourth-order valence-electron chi connectivity index (χ4n) is 4.90. The molecular weight excluding hydrogens is 503 g/mol. The summed E-state index contributed by atoms with van der Waals surface area (Å²) in [5.74, 6) is -4.71. The number of halogens is 3. The minimum absolute atomic E-state index is 0.0133. The lowest BCUT2D eigenvalue weighted by molar-refractivity contribution is -0.266. The van der Waals surface area contributed by atoms with E-state index < -0.39 is 54.0 Å². The Morgan fingerprint density at radius 2 is 2.00 bits per heavy atom. The molecule has 5 rings (SSSR count). The van der Waals surface area contributed by atoms with Crippen molar-refractivity contribution in [1.82, 2.24) is 24.9 Å². The zero-order valence-corrected chi connectivity index (χ0v) is 19.5. The summed E-state index contributed by atoms with van der Waals surface area (Å²) in [5, 5.41) is 40.0. The smallest absolute Gasteiger partial charge is 0.265 e. The summed E-state index contributed by atoms with van der Waals surface area (Å²) in [7, 11) is 0. The molecule has 2 fully saturated rings. The molecule has 0 unspecified atom stereocenters. The predicted molar refractivity (Wildman–Crippen MR) is 118 cm³/mol. The van der Waals surface area contributed by atoms with Gasteiger partial charge in [-0.2, -0.15) is 0 Å². The zero-order chi connectivity index (χ0) is 25.6. The van der Waals surface area contributed by atoms with Gasteiger partial charge in [0.15, 0.2) is 17.5 Å². The number of thiazole rings is 1. The molecule has 0 radical (unpaired) electrons. The van der Waals surface area contributed by atoms with Crippen molar-refractivity contribution in [3.8, 4) is 11.3 Å². The maximum absolute atomic E-state index is 13.7. The Kier molecular flexibility index (Phi) is 6.55. The molecular formula is C22H22F3N5O5S. The zero-order valence-electron chi connectivity index (χ0n) is 18.7. The van der Waals surface area contributed by atoms with Crippen LogP contribution in [0.5, 0.6) is 0 Å². The molecule has 2 aliphatic heterocycles. The number of carbonyl (C=O) groups is 1. The number of rotatable bonds is 4. The average molecular weight is 526 g/mol. The van der Waals surface area contributed by atoms with Crippen molar-refractivity contribution in [2.75, 3.05) is 19.7 Å². The van der Waals surface area contributed by atoms with Crippen LogP contribution in [0, 0.1) is 17.5 Å². The van der Waals surface area contributed by atoms with Crippen LogP contribution in [0.25, 0.3) is 11.3 Å². The molecule has 2 aliphatic rings. The number of piperidine rings is 1. The fourth-order valence-corrected chi connectivity index (χ4v) is 5.49. The first-order valence-electron chi connectivity index (χ1n) is 11.1.